The Kier molecular flexibility index (Phi) is 4.79. The van der Waals surface area contributed by atoms with Crippen LogP contribution in [0.1, 0.15) is 46.6 Å². The van der Waals surface area contributed by atoms with Crippen molar-refractivity contribution in [3.63, 3.8) is 0 Å². The molecule has 2 heterocycles. The smallest absolute Gasteiger partial charge is 0.272 e. The highest BCUT2D eigenvalue weighted by molar-refractivity contribution is 5.94. The van der Waals surface area contributed by atoms with Gasteiger partial charge in [0.1, 0.15) is 11.6 Å². The van der Waals surface area contributed by atoms with Gasteiger partial charge in [-0.1, -0.05) is 6.07 Å². The molecule has 134 valence electrons. The van der Waals surface area contributed by atoms with Crippen molar-refractivity contribution in [2.45, 2.75) is 37.8 Å². The number of hydrogen-bond acceptors (Lipinski definition) is 3. The number of halogens is 3. The van der Waals surface area contributed by atoms with E-state index in [0.717, 1.165) is 36.7 Å². The van der Waals surface area contributed by atoms with Crippen molar-refractivity contribution in [3.8, 4) is 0 Å². The van der Waals surface area contributed by atoms with Crippen LogP contribution in [0.5, 0.6) is 0 Å². The molecule has 2 aliphatic rings. The quantitative estimate of drug-likeness (QED) is 0.780. The van der Waals surface area contributed by atoms with Gasteiger partial charge < -0.3 is 10.6 Å². The molecule has 0 spiro atoms. The minimum Gasteiger partial charge on any atom is -0.341 e. The zero-order valence-electron chi connectivity index (χ0n) is 13.5. The van der Waals surface area contributed by atoms with Gasteiger partial charge in [-0.2, -0.15) is 5.10 Å². The first-order chi connectivity index (χ1) is 11.6. The van der Waals surface area contributed by atoms with Crippen LogP contribution in [0, 0.1) is 11.6 Å². The van der Waals surface area contributed by atoms with Crippen LogP contribution in [0.15, 0.2) is 18.2 Å². The number of benzene rings is 1. The molecule has 1 saturated carbocycles. The summed E-state index contributed by atoms with van der Waals surface area (Å²) in [5, 5.41) is 13.2. The molecule has 1 fully saturated rings. The van der Waals surface area contributed by atoms with E-state index in [0.29, 0.717) is 30.6 Å². The maximum absolute atomic E-state index is 14.2. The number of aromatic nitrogens is 2. The van der Waals surface area contributed by atoms with E-state index in [-0.39, 0.29) is 18.3 Å². The number of carbonyl (C=O) groups is 1. The number of carbonyl (C=O) groups excluding carboxylic acids is 1. The lowest BCUT2D eigenvalue weighted by molar-refractivity contribution is 0.0811. The molecule has 1 aliphatic heterocycles. The van der Waals surface area contributed by atoms with Crippen molar-refractivity contribution in [2.75, 3.05) is 6.54 Å². The van der Waals surface area contributed by atoms with Gasteiger partial charge in [-0.25, -0.2) is 8.78 Å². The number of rotatable bonds is 3. The Morgan fingerprint density at radius 3 is 2.76 bits per heavy atom. The van der Waals surface area contributed by atoms with Gasteiger partial charge in [-0.3, -0.25) is 9.89 Å². The number of fused-ring (bicyclic) bond motifs is 1. The van der Waals surface area contributed by atoms with E-state index in [1.165, 1.54) is 12.1 Å². The third kappa shape index (κ3) is 3.02. The van der Waals surface area contributed by atoms with Crippen molar-refractivity contribution >= 4 is 18.3 Å². The lowest BCUT2D eigenvalue weighted by Gasteiger charge is -2.43. The summed E-state index contributed by atoms with van der Waals surface area (Å²) in [6.07, 6.45) is 2.95. The Morgan fingerprint density at radius 2 is 2.08 bits per heavy atom. The van der Waals surface area contributed by atoms with E-state index in [1.807, 2.05) is 0 Å². The minimum atomic E-state index is -0.775. The van der Waals surface area contributed by atoms with Crippen molar-refractivity contribution in [2.24, 2.45) is 0 Å². The van der Waals surface area contributed by atoms with Gasteiger partial charge in [0.15, 0.2) is 5.69 Å². The summed E-state index contributed by atoms with van der Waals surface area (Å²) in [4.78, 5) is 12.7. The molecule has 0 radical (unpaired) electrons. The molecule has 0 bridgehead atoms. The molecule has 3 N–H and O–H groups in total. The maximum Gasteiger partial charge on any atom is 0.272 e. The number of nitrogens with one attached hydrogen (secondary N) is 3. The lowest BCUT2D eigenvalue weighted by Crippen LogP contribution is -2.51. The second-order valence-electron chi connectivity index (χ2n) is 6.47. The van der Waals surface area contributed by atoms with Crippen LogP contribution in [-0.2, 0) is 18.5 Å². The molecule has 1 aromatic carbocycles. The summed E-state index contributed by atoms with van der Waals surface area (Å²) in [7, 11) is 0. The Labute approximate surface area is 150 Å². The summed E-state index contributed by atoms with van der Waals surface area (Å²) < 4.78 is 27.4. The number of amides is 1. The predicted molar refractivity (Wildman–Crippen MR) is 90.6 cm³/mol. The molecule has 1 amide bonds. The van der Waals surface area contributed by atoms with Crippen LogP contribution < -0.4 is 10.6 Å². The van der Waals surface area contributed by atoms with Gasteiger partial charge >= 0.3 is 0 Å². The fraction of sp³-hybridized carbons (Fsp3) is 0.412. The fourth-order valence-electron chi connectivity index (χ4n) is 3.56. The Hall–Kier alpha value is -1.99. The van der Waals surface area contributed by atoms with Gasteiger partial charge in [0.2, 0.25) is 0 Å². The van der Waals surface area contributed by atoms with Crippen LogP contribution in [0.25, 0.3) is 0 Å². The summed E-state index contributed by atoms with van der Waals surface area (Å²) in [5.41, 5.74) is 1.75. The molecule has 4 rings (SSSR count). The monoisotopic (exact) mass is 368 g/mol. The van der Waals surface area contributed by atoms with Gasteiger partial charge in [0.05, 0.1) is 5.54 Å². The largest absolute Gasteiger partial charge is 0.341 e. The molecule has 5 nitrogen and oxygen atoms in total. The highest BCUT2D eigenvalue weighted by Crippen LogP contribution is 2.42. The molecule has 0 saturated heterocycles. The number of aromatic amines is 1. The van der Waals surface area contributed by atoms with Gasteiger partial charge in [0.25, 0.3) is 5.91 Å². The van der Waals surface area contributed by atoms with Crippen LogP contribution in [0.2, 0.25) is 0 Å². The van der Waals surface area contributed by atoms with E-state index in [1.54, 1.807) is 0 Å². The van der Waals surface area contributed by atoms with E-state index in [9.17, 15) is 13.6 Å². The van der Waals surface area contributed by atoms with E-state index in [2.05, 4.69) is 20.8 Å². The van der Waals surface area contributed by atoms with Crippen LogP contribution in [-0.4, -0.2) is 22.6 Å². The average molecular weight is 369 g/mol. The van der Waals surface area contributed by atoms with E-state index in [4.69, 9.17) is 0 Å². The zero-order valence-corrected chi connectivity index (χ0v) is 14.3. The maximum atomic E-state index is 14.2. The second-order valence-corrected chi connectivity index (χ2v) is 6.47. The standard InChI is InChI=1S/C17H18F2N4O.ClH/c18-10-2-3-12(13(19)8-10)17(5-1-6-17)21-16(24)15-11-9-20-7-4-14(11)22-23-15;/h2-3,8,20H,1,4-7,9H2,(H,21,24)(H,22,23);1H. The normalized spacial score (nSPS) is 17.8. The number of nitrogens with zero attached hydrogens (tertiary/aromatic N) is 1. The highest BCUT2D eigenvalue weighted by atomic mass is 35.5. The topological polar surface area (TPSA) is 69.8 Å². The van der Waals surface area contributed by atoms with Crippen molar-refractivity contribution < 1.29 is 13.6 Å². The summed E-state index contributed by atoms with van der Waals surface area (Å²) in [6, 6.07) is 3.51. The predicted octanol–water partition coefficient (Wildman–Crippen LogP) is 2.56. The van der Waals surface area contributed by atoms with E-state index >= 15 is 0 Å². The van der Waals surface area contributed by atoms with Crippen molar-refractivity contribution in [1.82, 2.24) is 20.8 Å². The van der Waals surface area contributed by atoms with Gasteiger partial charge in [-0.05, 0) is 25.3 Å². The Bertz CT molecular complexity index is 804. The van der Waals surface area contributed by atoms with Crippen LogP contribution in [0.3, 0.4) is 0 Å². The first-order valence-electron chi connectivity index (χ1n) is 8.14. The third-order valence-corrected chi connectivity index (χ3v) is 5.03. The Balaban J connectivity index is 0.00000182. The summed E-state index contributed by atoms with van der Waals surface area (Å²) >= 11 is 0. The average Bonchev–Trinajstić information content (AvgIpc) is 2.95. The summed E-state index contributed by atoms with van der Waals surface area (Å²) in [5.74, 6) is -1.56. The molecule has 2 aromatic rings. The van der Waals surface area contributed by atoms with Gasteiger partial charge in [-0.15, -0.1) is 12.4 Å². The summed E-state index contributed by atoms with van der Waals surface area (Å²) in [6.45, 7) is 1.44. The Morgan fingerprint density at radius 1 is 1.28 bits per heavy atom. The highest BCUT2D eigenvalue weighted by Gasteiger charge is 2.42. The molecular weight excluding hydrogens is 350 g/mol. The fourth-order valence-corrected chi connectivity index (χ4v) is 3.56. The first kappa shape index (κ1) is 17.8. The molecule has 0 unspecified atom stereocenters. The molecule has 1 aliphatic carbocycles. The number of H-pyrrole nitrogens is 1. The van der Waals surface area contributed by atoms with E-state index < -0.39 is 17.2 Å². The zero-order chi connectivity index (χ0) is 16.7. The molecular formula is C17H19ClF2N4O. The molecule has 8 heteroatoms. The van der Waals surface area contributed by atoms with Gasteiger partial charge in [0, 0.05) is 42.4 Å². The second kappa shape index (κ2) is 6.72. The SMILES string of the molecule is Cl.O=C(NC1(c2ccc(F)cc2F)CCC1)c1n[nH]c2c1CNCC2. The molecule has 1 aromatic heterocycles. The molecule has 25 heavy (non-hydrogen) atoms. The lowest BCUT2D eigenvalue weighted by atomic mass is 9.71. The minimum absolute atomic E-state index is 0. The van der Waals surface area contributed by atoms with Crippen LogP contribution >= 0.6 is 12.4 Å². The third-order valence-electron chi connectivity index (χ3n) is 5.03. The van der Waals surface area contributed by atoms with Crippen molar-refractivity contribution in [3.05, 3.63) is 52.3 Å². The van der Waals surface area contributed by atoms with Crippen molar-refractivity contribution in [1.29, 1.82) is 0 Å². The first-order valence-corrected chi connectivity index (χ1v) is 8.14. The number of hydrogen-bond donors (Lipinski definition) is 3. The van der Waals surface area contributed by atoms with Crippen LogP contribution in [0.4, 0.5) is 8.78 Å². The molecule has 0 atom stereocenters.